The first-order chi connectivity index (χ1) is 9.55. The van der Waals surface area contributed by atoms with Gasteiger partial charge in [0.25, 0.3) is 0 Å². The zero-order valence-corrected chi connectivity index (χ0v) is 12.5. The van der Waals surface area contributed by atoms with E-state index in [2.05, 4.69) is 60.6 Å². The molecule has 1 saturated heterocycles. The summed E-state index contributed by atoms with van der Waals surface area (Å²) in [6.07, 6.45) is 4.38. The van der Waals surface area contributed by atoms with Gasteiger partial charge >= 0.3 is 0 Å². The lowest BCUT2D eigenvalue weighted by Gasteiger charge is -2.19. The second-order valence-electron chi connectivity index (χ2n) is 6.67. The van der Waals surface area contributed by atoms with Crippen LogP contribution in [0.3, 0.4) is 0 Å². The fraction of sp³-hybridized carbons (Fsp3) is 0.471. The molecule has 1 atom stereocenters. The average molecular weight is 269 g/mol. The Hall–Kier alpha value is -1.61. The summed E-state index contributed by atoms with van der Waals surface area (Å²) in [5, 5.41) is 11.0. The van der Waals surface area contributed by atoms with Gasteiger partial charge in [0, 0.05) is 11.6 Å². The normalized spacial score (nSPS) is 19.4. The Bertz CT molecular complexity index is 569. The van der Waals surface area contributed by atoms with Crippen molar-refractivity contribution in [3.05, 3.63) is 41.7 Å². The molecule has 2 heterocycles. The van der Waals surface area contributed by atoms with Gasteiger partial charge < -0.3 is 5.32 Å². The van der Waals surface area contributed by atoms with Crippen LogP contribution in [0, 0.1) is 0 Å². The van der Waals surface area contributed by atoms with Crippen molar-refractivity contribution in [2.75, 3.05) is 6.54 Å². The summed E-state index contributed by atoms with van der Waals surface area (Å²) >= 11 is 0. The average Bonchev–Trinajstić information content (AvgIpc) is 3.08. The molecular formula is C17H23N3. The van der Waals surface area contributed by atoms with Crippen LogP contribution >= 0.6 is 0 Å². The number of hydrogen-bond donors (Lipinski definition) is 2. The Balaban J connectivity index is 1.92. The van der Waals surface area contributed by atoms with E-state index < -0.39 is 0 Å². The lowest BCUT2D eigenvalue weighted by molar-refractivity contribution is 0.590. The highest BCUT2D eigenvalue weighted by atomic mass is 15.1. The van der Waals surface area contributed by atoms with Crippen molar-refractivity contribution in [1.82, 2.24) is 15.5 Å². The molecule has 0 bridgehead atoms. The molecular weight excluding hydrogens is 246 g/mol. The van der Waals surface area contributed by atoms with Crippen LogP contribution in [0.1, 0.15) is 50.9 Å². The van der Waals surface area contributed by atoms with Crippen molar-refractivity contribution in [3.8, 4) is 11.1 Å². The fourth-order valence-corrected chi connectivity index (χ4v) is 2.87. The maximum atomic E-state index is 4.25. The molecule has 2 N–H and O–H groups in total. The lowest BCUT2D eigenvalue weighted by atomic mass is 9.86. The molecule has 0 spiro atoms. The quantitative estimate of drug-likeness (QED) is 0.870. The van der Waals surface area contributed by atoms with E-state index in [-0.39, 0.29) is 5.41 Å². The van der Waals surface area contributed by atoms with Crippen LogP contribution in [0.25, 0.3) is 11.1 Å². The van der Waals surface area contributed by atoms with Crippen molar-refractivity contribution in [1.29, 1.82) is 0 Å². The minimum Gasteiger partial charge on any atom is -0.309 e. The Morgan fingerprint density at radius 2 is 1.90 bits per heavy atom. The van der Waals surface area contributed by atoms with E-state index in [4.69, 9.17) is 0 Å². The maximum absolute atomic E-state index is 4.25. The highest BCUT2D eigenvalue weighted by Crippen LogP contribution is 2.32. The first-order valence-corrected chi connectivity index (χ1v) is 7.43. The molecule has 0 aliphatic carbocycles. The Kier molecular flexibility index (Phi) is 3.38. The van der Waals surface area contributed by atoms with Crippen LogP contribution in [0.4, 0.5) is 0 Å². The van der Waals surface area contributed by atoms with Gasteiger partial charge in [-0.2, -0.15) is 5.10 Å². The molecule has 1 aliphatic rings. The number of benzene rings is 1. The zero-order chi connectivity index (χ0) is 14.2. The molecule has 1 aliphatic heterocycles. The molecule has 1 fully saturated rings. The van der Waals surface area contributed by atoms with Gasteiger partial charge in [-0.05, 0) is 35.9 Å². The summed E-state index contributed by atoms with van der Waals surface area (Å²) in [6.45, 7) is 7.83. The third-order valence-electron chi connectivity index (χ3n) is 4.14. The topological polar surface area (TPSA) is 40.7 Å². The highest BCUT2D eigenvalue weighted by molar-refractivity contribution is 5.66. The summed E-state index contributed by atoms with van der Waals surface area (Å²) in [5.41, 5.74) is 5.27. The summed E-state index contributed by atoms with van der Waals surface area (Å²) in [5.74, 6) is 0. The fourth-order valence-electron chi connectivity index (χ4n) is 2.87. The van der Waals surface area contributed by atoms with Crippen molar-refractivity contribution in [2.24, 2.45) is 0 Å². The largest absolute Gasteiger partial charge is 0.309 e. The minimum atomic E-state index is 0.199. The van der Waals surface area contributed by atoms with Gasteiger partial charge in [-0.15, -0.1) is 0 Å². The molecule has 3 rings (SSSR count). The number of aromatic nitrogens is 2. The summed E-state index contributed by atoms with van der Waals surface area (Å²) < 4.78 is 0. The van der Waals surface area contributed by atoms with E-state index in [0.717, 1.165) is 6.54 Å². The smallest absolute Gasteiger partial charge is 0.0599 e. The third-order valence-corrected chi connectivity index (χ3v) is 4.14. The molecule has 2 aromatic rings. The number of rotatable bonds is 2. The molecule has 1 aromatic heterocycles. The summed E-state index contributed by atoms with van der Waals surface area (Å²) in [6, 6.07) is 9.31. The monoisotopic (exact) mass is 269 g/mol. The predicted molar refractivity (Wildman–Crippen MR) is 82.7 cm³/mol. The number of nitrogens with zero attached hydrogens (tertiary/aromatic N) is 1. The molecule has 3 heteroatoms. The number of aromatic amines is 1. The van der Waals surface area contributed by atoms with E-state index in [9.17, 15) is 0 Å². The van der Waals surface area contributed by atoms with Crippen LogP contribution < -0.4 is 5.32 Å². The van der Waals surface area contributed by atoms with Crippen molar-refractivity contribution >= 4 is 0 Å². The van der Waals surface area contributed by atoms with Crippen LogP contribution in [0.2, 0.25) is 0 Å². The van der Waals surface area contributed by atoms with E-state index in [1.165, 1.54) is 35.2 Å². The third kappa shape index (κ3) is 2.50. The Labute approximate surface area is 120 Å². The Morgan fingerprint density at radius 3 is 2.50 bits per heavy atom. The van der Waals surface area contributed by atoms with Gasteiger partial charge in [0.15, 0.2) is 0 Å². The van der Waals surface area contributed by atoms with Gasteiger partial charge in [-0.3, -0.25) is 5.10 Å². The zero-order valence-electron chi connectivity index (χ0n) is 12.5. The second kappa shape index (κ2) is 5.06. The van der Waals surface area contributed by atoms with Gasteiger partial charge in [0.2, 0.25) is 0 Å². The second-order valence-corrected chi connectivity index (χ2v) is 6.67. The van der Waals surface area contributed by atoms with E-state index in [1.54, 1.807) is 0 Å². The van der Waals surface area contributed by atoms with Crippen LogP contribution in [0.5, 0.6) is 0 Å². The molecule has 3 nitrogen and oxygen atoms in total. The first-order valence-electron chi connectivity index (χ1n) is 7.43. The Morgan fingerprint density at radius 1 is 1.15 bits per heavy atom. The van der Waals surface area contributed by atoms with E-state index in [0.29, 0.717) is 6.04 Å². The molecule has 0 saturated carbocycles. The van der Waals surface area contributed by atoms with Crippen molar-refractivity contribution in [2.45, 2.75) is 45.1 Å². The van der Waals surface area contributed by atoms with Gasteiger partial charge in [0.1, 0.15) is 0 Å². The maximum Gasteiger partial charge on any atom is 0.0599 e. The van der Waals surface area contributed by atoms with Gasteiger partial charge in [0.05, 0.1) is 11.9 Å². The van der Waals surface area contributed by atoms with Gasteiger partial charge in [-0.25, -0.2) is 0 Å². The first kappa shape index (κ1) is 13.4. The standard InChI is InChI=1S/C17H23N3/c1-17(2,3)13-8-6-12(7-9-13)14-11-19-20-16(14)15-5-4-10-18-15/h6-9,11,15,18H,4-5,10H2,1-3H3,(H,19,20). The molecule has 0 amide bonds. The van der Waals surface area contributed by atoms with Crippen LogP contribution in [0.15, 0.2) is 30.5 Å². The SMILES string of the molecule is CC(C)(C)c1ccc(-c2cn[nH]c2C2CCCN2)cc1. The molecule has 20 heavy (non-hydrogen) atoms. The van der Waals surface area contributed by atoms with E-state index >= 15 is 0 Å². The summed E-state index contributed by atoms with van der Waals surface area (Å²) in [4.78, 5) is 0. The van der Waals surface area contributed by atoms with Crippen molar-refractivity contribution in [3.63, 3.8) is 0 Å². The predicted octanol–water partition coefficient (Wildman–Crippen LogP) is 3.80. The highest BCUT2D eigenvalue weighted by Gasteiger charge is 2.22. The minimum absolute atomic E-state index is 0.199. The van der Waals surface area contributed by atoms with Crippen LogP contribution in [-0.2, 0) is 5.41 Å². The van der Waals surface area contributed by atoms with Gasteiger partial charge in [-0.1, -0.05) is 45.0 Å². The van der Waals surface area contributed by atoms with E-state index in [1.807, 2.05) is 6.20 Å². The van der Waals surface area contributed by atoms with Crippen molar-refractivity contribution < 1.29 is 0 Å². The van der Waals surface area contributed by atoms with Crippen LogP contribution in [-0.4, -0.2) is 16.7 Å². The molecule has 0 radical (unpaired) electrons. The summed E-state index contributed by atoms with van der Waals surface area (Å²) in [7, 11) is 0. The molecule has 1 aromatic carbocycles. The number of H-pyrrole nitrogens is 1. The number of hydrogen-bond acceptors (Lipinski definition) is 2. The molecule has 106 valence electrons. The lowest BCUT2D eigenvalue weighted by Crippen LogP contribution is -2.14. The molecule has 1 unspecified atom stereocenters. The number of nitrogens with one attached hydrogen (secondary N) is 2.